The summed E-state index contributed by atoms with van der Waals surface area (Å²) >= 11 is 0. The Kier molecular flexibility index (Phi) is 3.90. The summed E-state index contributed by atoms with van der Waals surface area (Å²) in [6, 6.07) is 0. The van der Waals surface area contributed by atoms with Gasteiger partial charge in [0.15, 0.2) is 0 Å². The quantitative estimate of drug-likeness (QED) is 0.806. The number of rotatable bonds is 4. The molecule has 2 heterocycles. The number of likely N-dealkylation sites (tertiary alicyclic amines) is 1. The lowest BCUT2D eigenvalue weighted by molar-refractivity contribution is 0.174. The van der Waals surface area contributed by atoms with Crippen LogP contribution in [-0.2, 0) is 13.1 Å². The van der Waals surface area contributed by atoms with Crippen LogP contribution in [-0.4, -0.2) is 39.3 Å². The van der Waals surface area contributed by atoms with Crippen LogP contribution in [0.15, 0.2) is 6.33 Å². The van der Waals surface area contributed by atoms with Crippen molar-refractivity contribution in [3.05, 3.63) is 12.2 Å². The molecule has 1 aliphatic heterocycles. The van der Waals surface area contributed by atoms with Crippen LogP contribution in [0.3, 0.4) is 0 Å². The van der Waals surface area contributed by atoms with E-state index in [-0.39, 0.29) is 0 Å². The lowest BCUT2D eigenvalue weighted by Crippen LogP contribution is -2.36. The maximum absolute atomic E-state index is 5.69. The minimum Gasteiger partial charge on any atom is -0.330 e. The molecule has 5 heteroatoms. The molecule has 5 nitrogen and oxygen atoms in total. The third-order valence-electron chi connectivity index (χ3n) is 3.40. The summed E-state index contributed by atoms with van der Waals surface area (Å²) in [5, 5.41) is 4.19. The molecule has 0 aromatic carbocycles. The Balaban J connectivity index is 1.87. The van der Waals surface area contributed by atoms with Crippen molar-refractivity contribution in [2.75, 3.05) is 19.6 Å². The predicted molar refractivity (Wildman–Crippen MR) is 62.8 cm³/mol. The minimum atomic E-state index is 0.722. The van der Waals surface area contributed by atoms with Gasteiger partial charge in [-0.15, -0.1) is 0 Å². The highest BCUT2D eigenvalue weighted by molar-refractivity contribution is 4.86. The fraction of sp³-hybridized carbons (Fsp3) is 0.818. The van der Waals surface area contributed by atoms with E-state index in [1.54, 1.807) is 6.33 Å². The topological polar surface area (TPSA) is 60.0 Å². The second kappa shape index (κ2) is 5.41. The zero-order chi connectivity index (χ0) is 11.4. The number of aromatic nitrogens is 3. The molecule has 0 radical (unpaired) electrons. The number of hydrogen-bond donors (Lipinski definition) is 1. The molecule has 90 valence electrons. The molecule has 0 saturated carbocycles. The van der Waals surface area contributed by atoms with Gasteiger partial charge < -0.3 is 5.73 Å². The summed E-state index contributed by atoms with van der Waals surface area (Å²) in [6.07, 6.45) is 4.08. The molecular weight excluding hydrogens is 202 g/mol. The summed E-state index contributed by atoms with van der Waals surface area (Å²) in [5.74, 6) is 1.80. The highest BCUT2D eigenvalue weighted by atomic mass is 15.3. The second-order valence-electron chi connectivity index (χ2n) is 4.45. The van der Waals surface area contributed by atoms with Crippen molar-refractivity contribution in [3.63, 3.8) is 0 Å². The normalized spacial score (nSPS) is 19.1. The molecule has 0 bridgehead atoms. The van der Waals surface area contributed by atoms with Gasteiger partial charge in [0.05, 0.1) is 6.54 Å². The van der Waals surface area contributed by atoms with E-state index < -0.39 is 0 Å². The number of piperidine rings is 1. The van der Waals surface area contributed by atoms with E-state index in [0.29, 0.717) is 0 Å². The van der Waals surface area contributed by atoms with Gasteiger partial charge in [-0.2, -0.15) is 5.10 Å². The third kappa shape index (κ3) is 2.59. The minimum absolute atomic E-state index is 0.722. The fourth-order valence-electron chi connectivity index (χ4n) is 2.25. The first-order chi connectivity index (χ1) is 7.83. The second-order valence-corrected chi connectivity index (χ2v) is 4.45. The van der Waals surface area contributed by atoms with Gasteiger partial charge in [-0.1, -0.05) is 0 Å². The fourth-order valence-corrected chi connectivity index (χ4v) is 2.25. The molecule has 1 aliphatic rings. The van der Waals surface area contributed by atoms with Crippen molar-refractivity contribution in [2.24, 2.45) is 11.7 Å². The first-order valence-corrected chi connectivity index (χ1v) is 6.12. The van der Waals surface area contributed by atoms with Gasteiger partial charge in [0, 0.05) is 6.54 Å². The molecule has 1 saturated heterocycles. The molecule has 0 aliphatic carbocycles. The summed E-state index contributed by atoms with van der Waals surface area (Å²) in [6.45, 7) is 7.02. The SMILES string of the molecule is CCn1ncnc1CN1CCC(CN)CC1. The Hall–Kier alpha value is -0.940. The molecule has 2 rings (SSSR count). The number of hydrogen-bond acceptors (Lipinski definition) is 4. The Morgan fingerprint density at radius 3 is 2.81 bits per heavy atom. The molecule has 0 unspecified atom stereocenters. The van der Waals surface area contributed by atoms with Crippen LogP contribution in [0.5, 0.6) is 0 Å². The van der Waals surface area contributed by atoms with E-state index in [0.717, 1.165) is 44.5 Å². The van der Waals surface area contributed by atoms with Crippen molar-refractivity contribution in [1.29, 1.82) is 0 Å². The number of nitrogens with zero attached hydrogens (tertiary/aromatic N) is 4. The molecule has 0 amide bonds. The molecule has 16 heavy (non-hydrogen) atoms. The maximum Gasteiger partial charge on any atom is 0.140 e. The molecule has 0 atom stereocenters. The average molecular weight is 223 g/mol. The number of nitrogens with two attached hydrogens (primary N) is 1. The van der Waals surface area contributed by atoms with Crippen molar-refractivity contribution in [3.8, 4) is 0 Å². The average Bonchev–Trinajstić information content (AvgIpc) is 2.77. The lowest BCUT2D eigenvalue weighted by atomic mass is 9.97. The van der Waals surface area contributed by atoms with E-state index in [1.807, 2.05) is 4.68 Å². The van der Waals surface area contributed by atoms with E-state index in [1.165, 1.54) is 12.8 Å². The monoisotopic (exact) mass is 223 g/mol. The van der Waals surface area contributed by atoms with Crippen molar-refractivity contribution in [2.45, 2.75) is 32.9 Å². The van der Waals surface area contributed by atoms with Crippen LogP contribution < -0.4 is 5.73 Å². The first kappa shape index (κ1) is 11.5. The van der Waals surface area contributed by atoms with Crippen LogP contribution in [0.1, 0.15) is 25.6 Å². The smallest absolute Gasteiger partial charge is 0.140 e. The van der Waals surface area contributed by atoms with Crippen LogP contribution in [0.4, 0.5) is 0 Å². The summed E-state index contributed by atoms with van der Waals surface area (Å²) in [7, 11) is 0. The summed E-state index contributed by atoms with van der Waals surface area (Å²) in [4.78, 5) is 6.75. The van der Waals surface area contributed by atoms with Crippen LogP contribution in [0.2, 0.25) is 0 Å². The molecular formula is C11H21N5. The standard InChI is InChI=1S/C11H21N5/c1-2-16-11(13-9-14-16)8-15-5-3-10(7-12)4-6-15/h9-10H,2-8,12H2,1H3. The van der Waals surface area contributed by atoms with Crippen molar-refractivity contribution in [1.82, 2.24) is 19.7 Å². The van der Waals surface area contributed by atoms with Crippen molar-refractivity contribution >= 4 is 0 Å². The van der Waals surface area contributed by atoms with Crippen LogP contribution >= 0.6 is 0 Å². The van der Waals surface area contributed by atoms with E-state index in [4.69, 9.17) is 5.73 Å². The van der Waals surface area contributed by atoms with Gasteiger partial charge >= 0.3 is 0 Å². The zero-order valence-corrected chi connectivity index (χ0v) is 9.97. The van der Waals surface area contributed by atoms with Crippen molar-refractivity contribution < 1.29 is 0 Å². The first-order valence-electron chi connectivity index (χ1n) is 6.12. The lowest BCUT2D eigenvalue weighted by Gasteiger charge is -2.30. The van der Waals surface area contributed by atoms with E-state index >= 15 is 0 Å². The maximum atomic E-state index is 5.69. The van der Waals surface area contributed by atoms with Gasteiger partial charge in [-0.05, 0) is 45.3 Å². The predicted octanol–water partition coefficient (Wildman–Crippen LogP) is 0.469. The highest BCUT2D eigenvalue weighted by Crippen LogP contribution is 2.17. The van der Waals surface area contributed by atoms with Gasteiger partial charge in [0.2, 0.25) is 0 Å². The Morgan fingerprint density at radius 2 is 2.19 bits per heavy atom. The van der Waals surface area contributed by atoms with Gasteiger partial charge in [-0.3, -0.25) is 4.90 Å². The van der Waals surface area contributed by atoms with Gasteiger partial charge in [-0.25, -0.2) is 9.67 Å². The third-order valence-corrected chi connectivity index (χ3v) is 3.40. The molecule has 2 N–H and O–H groups in total. The summed E-state index contributed by atoms with van der Waals surface area (Å²) < 4.78 is 1.97. The number of aryl methyl sites for hydroxylation is 1. The molecule has 0 spiro atoms. The van der Waals surface area contributed by atoms with Gasteiger partial charge in [0.25, 0.3) is 0 Å². The Morgan fingerprint density at radius 1 is 1.44 bits per heavy atom. The molecule has 1 aromatic heterocycles. The highest BCUT2D eigenvalue weighted by Gasteiger charge is 2.19. The Labute approximate surface area is 96.6 Å². The van der Waals surface area contributed by atoms with Gasteiger partial charge in [0.1, 0.15) is 12.2 Å². The van der Waals surface area contributed by atoms with Crippen LogP contribution in [0, 0.1) is 5.92 Å². The summed E-state index contributed by atoms with van der Waals surface area (Å²) in [5.41, 5.74) is 5.69. The zero-order valence-electron chi connectivity index (χ0n) is 9.97. The largest absolute Gasteiger partial charge is 0.330 e. The van der Waals surface area contributed by atoms with E-state index in [9.17, 15) is 0 Å². The molecule has 1 aromatic rings. The van der Waals surface area contributed by atoms with Crippen LogP contribution in [0.25, 0.3) is 0 Å². The molecule has 1 fully saturated rings. The Bertz CT molecular complexity index is 314. The van der Waals surface area contributed by atoms with E-state index in [2.05, 4.69) is 21.9 Å².